The molecule has 9 nitrogen and oxygen atoms in total. The number of carbonyl (C=O) groups is 2. The Morgan fingerprint density at radius 1 is 1.12 bits per heavy atom. The lowest BCUT2D eigenvalue weighted by molar-refractivity contribution is -0.119. The van der Waals surface area contributed by atoms with Crippen LogP contribution >= 0.6 is 11.8 Å². The first kappa shape index (κ1) is 17.6. The van der Waals surface area contributed by atoms with Crippen LogP contribution in [0.4, 0.5) is 0 Å². The lowest BCUT2D eigenvalue weighted by atomic mass is 10.2. The Morgan fingerprint density at radius 2 is 1.79 bits per heavy atom. The van der Waals surface area contributed by atoms with Crippen molar-refractivity contribution in [2.75, 3.05) is 20.0 Å². The molecule has 1 aromatic heterocycles. The summed E-state index contributed by atoms with van der Waals surface area (Å²) in [6.07, 6.45) is 0. The van der Waals surface area contributed by atoms with Gasteiger partial charge in [-0.3, -0.25) is 20.4 Å². The third kappa shape index (κ3) is 4.88. The predicted octanol–water partition coefficient (Wildman–Crippen LogP) is 0.949. The minimum Gasteiger partial charge on any atom is -0.497 e. The summed E-state index contributed by atoms with van der Waals surface area (Å²) in [6, 6.07) is 4.69. The number of aromatic nitrogens is 2. The number of amides is 2. The highest BCUT2D eigenvalue weighted by Gasteiger charge is 2.12. The van der Waals surface area contributed by atoms with E-state index >= 15 is 0 Å². The first-order valence-electron chi connectivity index (χ1n) is 6.77. The Balaban J connectivity index is 1.87. The number of ether oxygens (including phenoxy) is 2. The molecule has 0 aliphatic heterocycles. The van der Waals surface area contributed by atoms with Gasteiger partial charge < -0.3 is 13.9 Å². The van der Waals surface area contributed by atoms with Crippen molar-refractivity contribution in [3.05, 3.63) is 29.7 Å². The molecule has 10 heteroatoms. The van der Waals surface area contributed by atoms with Crippen LogP contribution in [-0.2, 0) is 4.79 Å². The molecule has 1 heterocycles. The normalized spacial score (nSPS) is 10.1. The number of nitrogens with zero attached hydrogens (tertiary/aromatic N) is 2. The first-order chi connectivity index (χ1) is 11.5. The van der Waals surface area contributed by atoms with Crippen LogP contribution in [0.5, 0.6) is 11.5 Å². The molecule has 0 saturated heterocycles. The third-order valence-electron chi connectivity index (χ3n) is 2.76. The van der Waals surface area contributed by atoms with E-state index in [1.165, 1.54) is 26.4 Å². The summed E-state index contributed by atoms with van der Waals surface area (Å²) in [5.74, 6) is 0.446. The predicted molar refractivity (Wildman–Crippen MR) is 84.9 cm³/mol. The zero-order chi connectivity index (χ0) is 17.5. The number of nitrogens with one attached hydrogen (secondary N) is 2. The van der Waals surface area contributed by atoms with Gasteiger partial charge in [0.1, 0.15) is 11.5 Å². The number of rotatable bonds is 6. The molecule has 2 aromatic rings. The first-order valence-corrected chi connectivity index (χ1v) is 7.75. The summed E-state index contributed by atoms with van der Waals surface area (Å²) in [5.41, 5.74) is 4.90. The highest BCUT2D eigenvalue weighted by atomic mass is 32.2. The van der Waals surface area contributed by atoms with E-state index in [9.17, 15) is 9.59 Å². The van der Waals surface area contributed by atoms with Crippen molar-refractivity contribution in [1.82, 2.24) is 21.0 Å². The zero-order valence-electron chi connectivity index (χ0n) is 13.3. The van der Waals surface area contributed by atoms with Crippen molar-refractivity contribution in [2.45, 2.75) is 12.1 Å². The molecular weight excluding hydrogens is 336 g/mol. The second-order valence-electron chi connectivity index (χ2n) is 4.48. The zero-order valence-corrected chi connectivity index (χ0v) is 14.1. The Hall–Kier alpha value is -2.75. The molecule has 0 bridgehead atoms. The molecule has 128 valence electrons. The fourth-order valence-electron chi connectivity index (χ4n) is 1.64. The van der Waals surface area contributed by atoms with E-state index in [0.29, 0.717) is 17.4 Å². The van der Waals surface area contributed by atoms with E-state index in [1.807, 2.05) is 0 Å². The molecular formula is C14H16N4O5S. The van der Waals surface area contributed by atoms with Gasteiger partial charge in [-0.15, -0.1) is 10.2 Å². The van der Waals surface area contributed by atoms with E-state index in [-0.39, 0.29) is 16.5 Å². The molecule has 0 aliphatic rings. The molecule has 0 radical (unpaired) electrons. The molecule has 24 heavy (non-hydrogen) atoms. The number of benzene rings is 1. The summed E-state index contributed by atoms with van der Waals surface area (Å²) >= 11 is 1.07. The van der Waals surface area contributed by atoms with Crippen LogP contribution in [0.3, 0.4) is 0 Å². The van der Waals surface area contributed by atoms with Crippen molar-refractivity contribution < 1.29 is 23.5 Å². The largest absolute Gasteiger partial charge is 0.497 e. The van der Waals surface area contributed by atoms with Gasteiger partial charge in [0.15, 0.2) is 0 Å². The van der Waals surface area contributed by atoms with E-state index in [0.717, 1.165) is 11.8 Å². The Morgan fingerprint density at radius 3 is 2.33 bits per heavy atom. The fraction of sp³-hybridized carbons (Fsp3) is 0.286. The minimum atomic E-state index is -0.501. The van der Waals surface area contributed by atoms with Crippen molar-refractivity contribution >= 4 is 23.6 Å². The topological polar surface area (TPSA) is 116 Å². The van der Waals surface area contributed by atoms with Crippen LogP contribution in [0, 0.1) is 6.92 Å². The molecule has 1 aromatic carbocycles. The van der Waals surface area contributed by atoms with E-state index < -0.39 is 11.8 Å². The summed E-state index contributed by atoms with van der Waals surface area (Å²) < 4.78 is 15.3. The number of carbonyl (C=O) groups excluding carboxylic acids is 2. The van der Waals surface area contributed by atoms with Gasteiger partial charge in [-0.2, -0.15) is 0 Å². The van der Waals surface area contributed by atoms with Crippen molar-refractivity contribution in [3.63, 3.8) is 0 Å². The van der Waals surface area contributed by atoms with Crippen LogP contribution in [0.2, 0.25) is 0 Å². The lowest BCUT2D eigenvalue weighted by Gasteiger charge is -2.09. The van der Waals surface area contributed by atoms with Gasteiger partial charge in [-0.25, -0.2) is 0 Å². The maximum atomic E-state index is 12.1. The van der Waals surface area contributed by atoms with E-state index in [4.69, 9.17) is 13.9 Å². The number of hydrogen-bond donors (Lipinski definition) is 2. The second-order valence-corrected chi connectivity index (χ2v) is 5.41. The number of hydrazine groups is 1. The number of thioether (sulfide) groups is 1. The highest BCUT2D eigenvalue weighted by molar-refractivity contribution is 7.99. The molecule has 0 fully saturated rings. The highest BCUT2D eigenvalue weighted by Crippen LogP contribution is 2.22. The third-order valence-corrected chi connectivity index (χ3v) is 3.58. The van der Waals surface area contributed by atoms with Gasteiger partial charge in [-0.1, -0.05) is 11.8 Å². The fourth-order valence-corrected chi connectivity index (χ4v) is 2.24. The van der Waals surface area contributed by atoms with Crippen molar-refractivity contribution in [3.8, 4) is 11.5 Å². The van der Waals surface area contributed by atoms with Crippen LogP contribution in [-0.4, -0.2) is 42.0 Å². The van der Waals surface area contributed by atoms with Crippen molar-refractivity contribution in [2.24, 2.45) is 0 Å². The molecule has 2 N–H and O–H groups in total. The molecule has 0 atom stereocenters. The van der Waals surface area contributed by atoms with Crippen molar-refractivity contribution in [1.29, 1.82) is 0 Å². The Kier molecular flexibility index (Phi) is 6.01. The summed E-state index contributed by atoms with van der Waals surface area (Å²) in [7, 11) is 2.96. The maximum Gasteiger partial charge on any atom is 0.277 e. The summed E-state index contributed by atoms with van der Waals surface area (Å²) in [5, 5.41) is 7.68. The van der Waals surface area contributed by atoms with Crippen LogP contribution in [0.1, 0.15) is 16.2 Å². The molecule has 0 spiro atoms. The van der Waals surface area contributed by atoms with E-state index in [2.05, 4.69) is 21.0 Å². The number of aryl methyl sites for hydroxylation is 1. The number of hydrogen-bond acceptors (Lipinski definition) is 8. The summed E-state index contributed by atoms with van der Waals surface area (Å²) in [4.78, 5) is 23.8. The molecule has 0 unspecified atom stereocenters. The van der Waals surface area contributed by atoms with Gasteiger partial charge in [0.05, 0.1) is 20.0 Å². The standard InChI is InChI=1S/C14H16N4O5S/c1-8-15-18-14(23-8)24-7-12(19)16-17-13(20)9-4-10(21-2)6-11(5-9)22-3/h4-6H,7H2,1-3H3,(H,16,19)(H,17,20). The smallest absolute Gasteiger partial charge is 0.277 e. The quantitative estimate of drug-likeness (QED) is 0.583. The van der Waals surface area contributed by atoms with E-state index in [1.54, 1.807) is 13.0 Å². The van der Waals surface area contributed by atoms with Crippen LogP contribution in [0.25, 0.3) is 0 Å². The Labute approximate surface area is 142 Å². The van der Waals surface area contributed by atoms with Gasteiger partial charge in [0.25, 0.3) is 11.1 Å². The second kappa shape index (κ2) is 8.20. The maximum absolute atomic E-state index is 12.1. The Bertz CT molecular complexity index is 711. The molecule has 2 rings (SSSR count). The molecule has 2 amide bonds. The van der Waals surface area contributed by atoms with Gasteiger partial charge in [-0.05, 0) is 12.1 Å². The lowest BCUT2D eigenvalue weighted by Crippen LogP contribution is -2.42. The van der Waals surface area contributed by atoms with Crippen LogP contribution < -0.4 is 20.3 Å². The SMILES string of the molecule is COc1cc(OC)cc(C(=O)NNC(=O)CSc2nnc(C)o2)c1. The molecule has 0 aliphatic carbocycles. The van der Waals surface area contributed by atoms with Crippen LogP contribution in [0.15, 0.2) is 27.8 Å². The van der Waals surface area contributed by atoms with Gasteiger partial charge >= 0.3 is 0 Å². The average Bonchev–Trinajstić information content (AvgIpc) is 3.02. The van der Waals surface area contributed by atoms with Gasteiger partial charge in [0, 0.05) is 18.6 Å². The minimum absolute atomic E-state index is 0.0172. The summed E-state index contributed by atoms with van der Waals surface area (Å²) in [6.45, 7) is 1.65. The monoisotopic (exact) mass is 352 g/mol. The average molecular weight is 352 g/mol. The molecule has 0 saturated carbocycles. The number of methoxy groups -OCH3 is 2. The van der Waals surface area contributed by atoms with Gasteiger partial charge in [0.2, 0.25) is 11.8 Å².